The Morgan fingerprint density at radius 3 is 2.61 bits per heavy atom. The third-order valence-electron chi connectivity index (χ3n) is 5.87. The van der Waals surface area contributed by atoms with Crippen LogP contribution < -0.4 is 16.6 Å². The van der Waals surface area contributed by atoms with Crippen molar-refractivity contribution in [1.82, 2.24) is 24.5 Å². The molecule has 5 rings (SSSR count). The number of fused-ring (bicyclic) bond motifs is 2. The molecule has 3 aromatic heterocycles. The molecule has 0 spiro atoms. The van der Waals surface area contributed by atoms with Gasteiger partial charge in [-0.3, -0.25) is 14.2 Å². The van der Waals surface area contributed by atoms with Crippen LogP contribution in [0.4, 0.5) is 19.0 Å². The van der Waals surface area contributed by atoms with Gasteiger partial charge in [0.05, 0.1) is 11.4 Å². The highest BCUT2D eigenvalue weighted by Crippen LogP contribution is 2.25. The van der Waals surface area contributed by atoms with Crippen LogP contribution in [0.1, 0.15) is 34.6 Å². The van der Waals surface area contributed by atoms with Crippen LogP contribution in [0.3, 0.4) is 0 Å². The standard InChI is InChI=1S/C27H19F3N6O2/c1-16(33-25(37)22-23(31)34-35-14-6-13-32-24(22)35)20-15-18-8-5-7-17(11-12-27(28,29)30)21(18)26(38)36(20)19-9-3-2-4-10-19/h2-10,13-16H,1H3,(H2,31,34)(H,33,37)/t16-/m1/s1. The predicted molar refractivity (Wildman–Crippen MR) is 136 cm³/mol. The lowest BCUT2D eigenvalue weighted by atomic mass is 10.0. The molecule has 0 aliphatic heterocycles. The molecule has 5 aromatic rings. The summed E-state index contributed by atoms with van der Waals surface area (Å²) in [5.41, 5.74) is 6.56. The van der Waals surface area contributed by atoms with Gasteiger partial charge in [0.2, 0.25) is 0 Å². The normalized spacial score (nSPS) is 12.2. The molecule has 0 saturated carbocycles. The Morgan fingerprint density at radius 2 is 1.87 bits per heavy atom. The average molecular weight is 516 g/mol. The quantitative estimate of drug-likeness (QED) is 0.351. The highest BCUT2D eigenvalue weighted by Gasteiger charge is 2.25. The smallest absolute Gasteiger partial charge is 0.381 e. The fourth-order valence-electron chi connectivity index (χ4n) is 4.25. The van der Waals surface area contributed by atoms with E-state index in [9.17, 15) is 22.8 Å². The SMILES string of the molecule is C[C@@H](NC(=O)c1c(N)nn2cccnc12)c1cc2cccc(C#CC(F)(F)F)c2c(=O)n1-c1ccccc1. The Morgan fingerprint density at radius 1 is 1.11 bits per heavy atom. The molecule has 3 heterocycles. The van der Waals surface area contributed by atoms with Crippen molar-refractivity contribution in [2.75, 3.05) is 5.73 Å². The number of hydrogen-bond acceptors (Lipinski definition) is 5. The number of carbonyl (C=O) groups is 1. The third kappa shape index (κ3) is 4.55. The van der Waals surface area contributed by atoms with Crippen LogP contribution in [-0.2, 0) is 0 Å². The molecule has 0 aliphatic rings. The summed E-state index contributed by atoms with van der Waals surface area (Å²) in [5.74, 6) is 2.75. The van der Waals surface area contributed by atoms with Crippen LogP contribution in [0, 0.1) is 11.8 Å². The lowest BCUT2D eigenvalue weighted by Gasteiger charge is -2.21. The summed E-state index contributed by atoms with van der Waals surface area (Å²) in [4.78, 5) is 31.2. The molecule has 0 bridgehead atoms. The number of nitrogen functional groups attached to an aromatic ring is 1. The number of hydrogen-bond donors (Lipinski definition) is 2. The largest absolute Gasteiger partial charge is 0.458 e. The van der Waals surface area contributed by atoms with E-state index in [4.69, 9.17) is 5.73 Å². The van der Waals surface area contributed by atoms with Crippen molar-refractivity contribution >= 4 is 28.1 Å². The molecule has 0 radical (unpaired) electrons. The Kier molecular flexibility index (Phi) is 6.08. The molecule has 0 saturated heterocycles. The number of nitrogens with zero attached hydrogens (tertiary/aromatic N) is 4. The molecule has 0 aliphatic carbocycles. The Balaban J connectivity index is 1.66. The number of amides is 1. The number of nitrogens with one attached hydrogen (secondary N) is 1. The van der Waals surface area contributed by atoms with Gasteiger partial charge in [0.15, 0.2) is 11.5 Å². The maximum absolute atomic E-state index is 13.8. The first-order valence-corrected chi connectivity index (χ1v) is 11.4. The fraction of sp³-hybridized carbons (Fsp3) is 0.111. The summed E-state index contributed by atoms with van der Waals surface area (Å²) in [7, 11) is 0. The van der Waals surface area contributed by atoms with E-state index in [0.29, 0.717) is 16.8 Å². The number of para-hydroxylation sites is 1. The van der Waals surface area contributed by atoms with E-state index in [-0.39, 0.29) is 28.0 Å². The van der Waals surface area contributed by atoms with Gasteiger partial charge >= 0.3 is 6.18 Å². The number of halogens is 3. The number of alkyl halides is 3. The maximum atomic E-state index is 13.8. The fourth-order valence-corrected chi connectivity index (χ4v) is 4.25. The number of pyridine rings is 1. The van der Waals surface area contributed by atoms with Gasteiger partial charge in [0, 0.05) is 35.3 Å². The molecule has 1 amide bonds. The zero-order valence-electron chi connectivity index (χ0n) is 19.8. The molecule has 8 nitrogen and oxygen atoms in total. The van der Waals surface area contributed by atoms with Gasteiger partial charge in [-0.15, -0.1) is 5.10 Å². The van der Waals surface area contributed by atoms with Gasteiger partial charge in [-0.05, 0) is 42.6 Å². The first-order valence-electron chi connectivity index (χ1n) is 11.4. The first kappa shape index (κ1) is 24.6. The highest BCUT2D eigenvalue weighted by molar-refractivity contribution is 6.04. The summed E-state index contributed by atoms with van der Waals surface area (Å²) in [5, 5.41) is 7.36. The number of nitrogens with two attached hydrogens (primary N) is 1. The minimum atomic E-state index is -4.71. The Hall–Kier alpha value is -5.11. The predicted octanol–water partition coefficient (Wildman–Crippen LogP) is 4.02. The first-order chi connectivity index (χ1) is 18.1. The van der Waals surface area contributed by atoms with Crippen LogP contribution in [0.15, 0.2) is 77.9 Å². The van der Waals surface area contributed by atoms with Gasteiger partial charge in [0.25, 0.3) is 11.5 Å². The summed E-state index contributed by atoms with van der Waals surface area (Å²) in [6.07, 6.45) is -1.60. The van der Waals surface area contributed by atoms with E-state index in [0.717, 1.165) is 0 Å². The molecule has 0 fully saturated rings. The van der Waals surface area contributed by atoms with Crippen LogP contribution in [0.5, 0.6) is 0 Å². The topological polar surface area (TPSA) is 107 Å². The second-order valence-electron chi connectivity index (χ2n) is 8.41. The van der Waals surface area contributed by atoms with Crippen LogP contribution in [-0.4, -0.2) is 31.2 Å². The molecule has 1 atom stereocenters. The van der Waals surface area contributed by atoms with E-state index in [2.05, 4.69) is 21.3 Å². The average Bonchev–Trinajstić information content (AvgIpc) is 3.23. The number of carbonyl (C=O) groups excluding carboxylic acids is 1. The van der Waals surface area contributed by atoms with Crippen LogP contribution in [0.2, 0.25) is 0 Å². The Labute approximate surface area is 213 Å². The number of aromatic nitrogens is 4. The zero-order chi connectivity index (χ0) is 27.0. The molecule has 190 valence electrons. The maximum Gasteiger partial charge on any atom is 0.458 e. The van der Waals surface area contributed by atoms with Gasteiger partial charge in [-0.2, -0.15) is 13.2 Å². The third-order valence-corrected chi connectivity index (χ3v) is 5.87. The minimum absolute atomic E-state index is 0.0137. The lowest BCUT2D eigenvalue weighted by molar-refractivity contribution is -0.0696. The molecule has 2 aromatic carbocycles. The Bertz CT molecular complexity index is 1810. The highest BCUT2D eigenvalue weighted by atomic mass is 19.4. The number of rotatable bonds is 4. The van der Waals surface area contributed by atoms with E-state index < -0.39 is 23.7 Å². The molecule has 38 heavy (non-hydrogen) atoms. The number of anilines is 1. The molecule has 11 heteroatoms. The summed E-state index contributed by atoms with van der Waals surface area (Å²) < 4.78 is 41.1. The molecular formula is C27H19F3N6O2. The van der Waals surface area contributed by atoms with Crippen molar-refractivity contribution in [2.45, 2.75) is 19.1 Å². The van der Waals surface area contributed by atoms with Gasteiger partial charge in [-0.25, -0.2) is 9.50 Å². The summed E-state index contributed by atoms with van der Waals surface area (Å²) in [6, 6.07) is 15.6. The zero-order valence-corrected chi connectivity index (χ0v) is 19.8. The van der Waals surface area contributed by atoms with Crippen molar-refractivity contribution in [3.05, 3.63) is 100 Å². The van der Waals surface area contributed by atoms with Crippen molar-refractivity contribution in [2.24, 2.45) is 0 Å². The van der Waals surface area contributed by atoms with E-state index in [1.807, 2.05) is 0 Å². The van der Waals surface area contributed by atoms with Crippen molar-refractivity contribution in [1.29, 1.82) is 0 Å². The van der Waals surface area contributed by atoms with Crippen molar-refractivity contribution < 1.29 is 18.0 Å². The van der Waals surface area contributed by atoms with Gasteiger partial charge in [0.1, 0.15) is 5.56 Å². The lowest BCUT2D eigenvalue weighted by Crippen LogP contribution is -2.32. The molecule has 3 N–H and O–H groups in total. The van der Waals surface area contributed by atoms with Gasteiger partial charge < -0.3 is 11.1 Å². The van der Waals surface area contributed by atoms with E-state index in [1.165, 1.54) is 33.3 Å². The molecular weight excluding hydrogens is 497 g/mol. The van der Waals surface area contributed by atoms with Gasteiger partial charge in [-0.1, -0.05) is 36.3 Å². The van der Waals surface area contributed by atoms with Crippen molar-refractivity contribution in [3.63, 3.8) is 0 Å². The van der Waals surface area contributed by atoms with Crippen LogP contribution >= 0.6 is 0 Å². The van der Waals surface area contributed by atoms with E-state index in [1.54, 1.807) is 61.7 Å². The minimum Gasteiger partial charge on any atom is -0.381 e. The van der Waals surface area contributed by atoms with Crippen LogP contribution in [0.25, 0.3) is 22.1 Å². The van der Waals surface area contributed by atoms with E-state index >= 15 is 0 Å². The summed E-state index contributed by atoms with van der Waals surface area (Å²) in [6.45, 7) is 1.68. The monoisotopic (exact) mass is 516 g/mol. The summed E-state index contributed by atoms with van der Waals surface area (Å²) >= 11 is 0. The van der Waals surface area contributed by atoms with Crippen molar-refractivity contribution in [3.8, 4) is 17.5 Å². The molecule has 0 unspecified atom stereocenters. The second-order valence-corrected chi connectivity index (χ2v) is 8.41. The number of benzene rings is 2. The second kappa shape index (κ2) is 9.40.